The van der Waals surface area contributed by atoms with Gasteiger partial charge in [0.1, 0.15) is 0 Å². The van der Waals surface area contributed by atoms with Gasteiger partial charge in [0.2, 0.25) is 0 Å². The molecule has 0 heterocycles. The van der Waals surface area contributed by atoms with Crippen molar-refractivity contribution < 1.29 is 4.79 Å². The molecule has 8 rings (SSSR count). The quantitative estimate of drug-likeness (QED) is 0.223. The van der Waals surface area contributed by atoms with Gasteiger partial charge in [-0.2, -0.15) is 0 Å². The summed E-state index contributed by atoms with van der Waals surface area (Å²) in [4.78, 5) is 17.3. The molecule has 3 nitrogen and oxygen atoms in total. The lowest BCUT2D eigenvalue weighted by molar-refractivity contribution is 0.253. The van der Waals surface area contributed by atoms with Crippen LogP contribution in [0.4, 0.5) is 16.2 Å². The van der Waals surface area contributed by atoms with Crippen LogP contribution in [0.2, 0.25) is 0 Å². The van der Waals surface area contributed by atoms with Gasteiger partial charge in [-0.3, -0.25) is 9.80 Å². The Balaban J connectivity index is 1.21. The van der Waals surface area contributed by atoms with Crippen molar-refractivity contribution in [3.63, 3.8) is 0 Å². The topological polar surface area (TPSA) is 23.6 Å². The number of nitrogens with zero attached hydrogens (tertiary/aromatic N) is 2. The fourth-order valence-electron chi connectivity index (χ4n) is 6.31. The van der Waals surface area contributed by atoms with Crippen molar-refractivity contribution in [1.29, 1.82) is 0 Å². The van der Waals surface area contributed by atoms with Gasteiger partial charge in [-0.15, -0.1) is 0 Å². The van der Waals surface area contributed by atoms with Gasteiger partial charge in [0, 0.05) is 25.5 Å². The molecule has 38 heavy (non-hydrogen) atoms. The number of urea groups is 1. The van der Waals surface area contributed by atoms with Gasteiger partial charge in [0.25, 0.3) is 0 Å². The fraction of sp³-hybridized carbons (Fsp3) is 0.0571. The molecule has 0 fully saturated rings. The third-order valence-electron chi connectivity index (χ3n) is 8.24. The molecule has 0 aromatic heterocycles. The molecule has 0 unspecified atom stereocenters. The van der Waals surface area contributed by atoms with Gasteiger partial charge < -0.3 is 0 Å². The summed E-state index contributed by atoms with van der Waals surface area (Å²) < 4.78 is 0. The van der Waals surface area contributed by atoms with Gasteiger partial charge in [-0.05, 0) is 88.9 Å². The first-order valence-electron chi connectivity index (χ1n) is 12.9. The first-order valence-corrected chi connectivity index (χ1v) is 12.9. The Hall–Kier alpha value is -4.89. The first-order chi connectivity index (χ1) is 18.6. The summed E-state index contributed by atoms with van der Waals surface area (Å²) in [5.74, 6) is 0. The maximum Gasteiger partial charge on any atom is 0.328 e. The van der Waals surface area contributed by atoms with Crippen LogP contribution in [0.3, 0.4) is 0 Å². The van der Waals surface area contributed by atoms with Crippen LogP contribution in [-0.4, -0.2) is 20.1 Å². The van der Waals surface area contributed by atoms with Crippen LogP contribution < -0.4 is 9.80 Å². The van der Waals surface area contributed by atoms with Crippen LogP contribution in [0.15, 0.2) is 109 Å². The smallest absolute Gasteiger partial charge is 0.297 e. The maximum absolute atomic E-state index is 13.8. The molecule has 0 aliphatic rings. The SMILES string of the molecule is CN(C(=O)N(C)c1cc2ccc3cccc4ccc(c1)c2c34)c1cc2ccc3cccc4ccc(c1)c2c34. The Morgan fingerprint density at radius 3 is 1.00 bits per heavy atom. The Kier molecular flexibility index (Phi) is 4.22. The van der Waals surface area contributed by atoms with Crippen LogP contribution in [0, 0.1) is 0 Å². The lowest BCUT2D eigenvalue weighted by Gasteiger charge is -2.26. The van der Waals surface area contributed by atoms with Crippen LogP contribution in [0.1, 0.15) is 0 Å². The van der Waals surface area contributed by atoms with Crippen LogP contribution in [0.5, 0.6) is 0 Å². The van der Waals surface area contributed by atoms with E-state index < -0.39 is 0 Å². The summed E-state index contributed by atoms with van der Waals surface area (Å²) in [6.07, 6.45) is 0. The van der Waals surface area contributed by atoms with E-state index in [1.54, 1.807) is 9.80 Å². The second-order valence-corrected chi connectivity index (χ2v) is 10.4. The molecule has 3 heteroatoms. The summed E-state index contributed by atoms with van der Waals surface area (Å²) in [7, 11) is 3.72. The lowest BCUT2D eigenvalue weighted by atomic mass is 9.94. The van der Waals surface area contributed by atoms with E-state index in [2.05, 4.69) is 109 Å². The largest absolute Gasteiger partial charge is 0.328 e. The molecule has 8 aromatic carbocycles. The zero-order valence-electron chi connectivity index (χ0n) is 21.2. The molecule has 0 radical (unpaired) electrons. The number of hydrogen-bond acceptors (Lipinski definition) is 1. The third-order valence-corrected chi connectivity index (χ3v) is 8.24. The van der Waals surface area contributed by atoms with Crippen LogP contribution in [0.25, 0.3) is 64.6 Å². The molecule has 0 bridgehead atoms. The molecule has 0 N–H and O–H groups in total. The second kappa shape index (κ2) is 7.56. The highest BCUT2D eigenvalue weighted by Crippen LogP contribution is 2.39. The van der Waals surface area contributed by atoms with Crippen molar-refractivity contribution in [3.05, 3.63) is 109 Å². The number of carbonyl (C=O) groups is 1. The highest BCUT2D eigenvalue weighted by Gasteiger charge is 2.20. The summed E-state index contributed by atoms with van der Waals surface area (Å²) in [5.41, 5.74) is 1.76. The number of rotatable bonds is 2. The number of anilines is 2. The summed E-state index contributed by atoms with van der Waals surface area (Å²) in [5, 5.41) is 14.6. The van der Waals surface area contributed by atoms with E-state index in [9.17, 15) is 4.79 Å². The molecule has 0 saturated heterocycles. The Labute approximate surface area is 219 Å². The highest BCUT2D eigenvalue weighted by atomic mass is 16.2. The third kappa shape index (κ3) is 2.87. The summed E-state index contributed by atoms with van der Waals surface area (Å²) in [6, 6.07) is 38.6. The van der Waals surface area contributed by atoms with Gasteiger partial charge in [-0.25, -0.2) is 4.79 Å². The Morgan fingerprint density at radius 1 is 0.421 bits per heavy atom. The van der Waals surface area contributed by atoms with Crippen LogP contribution in [-0.2, 0) is 0 Å². The maximum atomic E-state index is 13.8. The Bertz CT molecular complexity index is 1910. The van der Waals surface area contributed by atoms with Crippen LogP contribution >= 0.6 is 0 Å². The minimum Gasteiger partial charge on any atom is -0.297 e. The average Bonchev–Trinajstić information content (AvgIpc) is 2.97. The van der Waals surface area contributed by atoms with Crippen molar-refractivity contribution in [2.75, 3.05) is 23.9 Å². The summed E-state index contributed by atoms with van der Waals surface area (Å²) in [6.45, 7) is 0. The van der Waals surface area contributed by atoms with Crippen molar-refractivity contribution >= 4 is 82.0 Å². The zero-order chi connectivity index (χ0) is 25.5. The molecular formula is C35H24N2O. The standard InChI is InChI=1S/C35H24N2O/c1-36(29-17-25-13-9-21-5-3-6-22-10-14-26(18-29)33(25)31(21)22)35(38)37(2)30-19-27-15-11-23-7-4-8-24-12-16-28(20-30)34(27)32(23)24/h3-20H,1-2H3. The van der Waals surface area contributed by atoms with Gasteiger partial charge in [0.05, 0.1) is 0 Å². The molecule has 8 aromatic rings. The zero-order valence-corrected chi connectivity index (χ0v) is 21.2. The average molecular weight is 489 g/mol. The van der Waals surface area contributed by atoms with E-state index in [1.807, 2.05) is 14.1 Å². The minimum atomic E-state index is -0.0781. The van der Waals surface area contributed by atoms with Gasteiger partial charge >= 0.3 is 6.03 Å². The molecule has 0 atom stereocenters. The van der Waals surface area contributed by atoms with Gasteiger partial charge in [0.15, 0.2) is 0 Å². The normalized spacial score (nSPS) is 12.1. The second-order valence-electron chi connectivity index (χ2n) is 10.4. The molecule has 0 aliphatic heterocycles. The lowest BCUT2D eigenvalue weighted by Crippen LogP contribution is -2.38. The molecule has 0 saturated carbocycles. The van der Waals surface area contributed by atoms with E-state index >= 15 is 0 Å². The van der Waals surface area contributed by atoms with Crippen molar-refractivity contribution in [3.8, 4) is 0 Å². The number of benzene rings is 8. The van der Waals surface area contributed by atoms with Crippen molar-refractivity contribution in [2.45, 2.75) is 0 Å². The highest BCUT2D eigenvalue weighted by molar-refractivity contribution is 6.25. The first kappa shape index (κ1) is 21.2. The molecular weight excluding hydrogens is 464 g/mol. The number of carbonyl (C=O) groups excluding carboxylic acids is 1. The minimum absolute atomic E-state index is 0.0781. The van der Waals surface area contributed by atoms with E-state index in [1.165, 1.54) is 43.1 Å². The van der Waals surface area contributed by atoms with E-state index in [0.717, 1.165) is 32.9 Å². The monoisotopic (exact) mass is 488 g/mol. The van der Waals surface area contributed by atoms with E-state index in [-0.39, 0.29) is 6.03 Å². The molecule has 2 amide bonds. The fourth-order valence-corrected chi connectivity index (χ4v) is 6.31. The predicted molar refractivity (Wildman–Crippen MR) is 162 cm³/mol. The Morgan fingerprint density at radius 2 is 0.684 bits per heavy atom. The van der Waals surface area contributed by atoms with Crippen molar-refractivity contribution in [1.82, 2.24) is 0 Å². The molecule has 0 spiro atoms. The molecule has 180 valence electrons. The molecule has 0 aliphatic carbocycles. The number of amides is 2. The van der Waals surface area contributed by atoms with Crippen molar-refractivity contribution in [2.24, 2.45) is 0 Å². The number of hydrogen-bond donors (Lipinski definition) is 0. The summed E-state index contributed by atoms with van der Waals surface area (Å²) >= 11 is 0. The van der Waals surface area contributed by atoms with E-state index in [4.69, 9.17) is 0 Å². The van der Waals surface area contributed by atoms with E-state index in [0.29, 0.717) is 0 Å². The van der Waals surface area contributed by atoms with Gasteiger partial charge in [-0.1, -0.05) is 84.9 Å². The predicted octanol–water partition coefficient (Wildman–Crippen LogP) is 9.17.